The van der Waals surface area contributed by atoms with E-state index in [2.05, 4.69) is 9.72 Å². The van der Waals surface area contributed by atoms with Crippen molar-refractivity contribution < 1.29 is 19.4 Å². The Kier molecular flexibility index (Phi) is 3.77. The van der Waals surface area contributed by atoms with E-state index in [-0.39, 0.29) is 5.76 Å². The van der Waals surface area contributed by atoms with Gasteiger partial charge >= 0.3 is 5.97 Å². The number of rotatable bonds is 3. The molecule has 0 aliphatic rings. The van der Waals surface area contributed by atoms with Crippen molar-refractivity contribution in [3.8, 4) is 0 Å². The number of ketones is 1. The number of pyridine rings is 1. The van der Waals surface area contributed by atoms with Gasteiger partial charge in [-0.25, -0.2) is 4.79 Å². The van der Waals surface area contributed by atoms with Gasteiger partial charge in [-0.2, -0.15) is 0 Å². The minimum Gasteiger partial charge on any atom is -0.507 e. The number of ether oxygens (including phenoxy) is 1. The number of esters is 1. The Morgan fingerprint density at radius 1 is 1.44 bits per heavy atom. The Labute approximate surface area is 92.4 Å². The van der Waals surface area contributed by atoms with Gasteiger partial charge in [-0.05, 0) is 19.1 Å². The predicted octanol–water partition coefficient (Wildman–Crippen LogP) is 1.03. The Balaban J connectivity index is 2.89. The number of methoxy groups -OCH3 is 1. The van der Waals surface area contributed by atoms with Crippen molar-refractivity contribution >= 4 is 17.5 Å². The standard InChI is InChI=1S/C11H11NO4/c1-7-3-4-8(6-12-7)9(13)5-10(14)11(15)16-2/h3-6,13H,1-2H3. The molecule has 84 valence electrons. The van der Waals surface area contributed by atoms with E-state index in [1.54, 1.807) is 19.1 Å². The lowest BCUT2D eigenvalue weighted by atomic mass is 10.2. The van der Waals surface area contributed by atoms with E-state index in [0.717, 1.165) is 18.9 Å². The van der Waals surface area contributed by atoms with Gasteiger partial charge in [-0.1, -0.05) is 0 Å². The molecule has 16 heavy (non-hydrogen) atoms. The molecule has 1 rings (SSSR count). The summed E-state index contributed by atoms with van der Waals surface area (Å²) in [6.07, 6.45) is 2.21. The van der Waals surface area contributed by atoms with Crippen LogP contribution in [-0.2, 0) is 14.3 Å². The smallest absolute Gasteiger partial charge is 0.378 e. The van der Waals surface area contributed by atoms with Gasteiger partial charge in [0.05, 0.1) is 7.11 Å². The molecule has 1 aromatic rings. The fourth-order valence-electron chi connectivity index (χ4n) is 0.986. The van der Waals surface area contributed by atoms with E-state index in [9.17, 15) is 14.7 Å². The molecule has 1 N–H and O–H groups in total. The fourth-order valence-corrected chi connectivity index (χ4v) is 0.986. The lowest BCUT2D eigenvalue weighted by molar-refractivity contribution is -0.149. The minimum absolute atomic E-state index is 0.317. The first-order valence-corrected chi connectivity index (χ1v) is 4.50. The first-order valence-electron chi connectivity index (χ1n) is 4.50. The third-order valence-corrected chi connectivity index (χ3v) is 1.86. The van der Waals surface area contributed by atoms with E-state index in [0.29, 0.717) is 5.56 Å². The SMILES string of the molecule is COC(=O)C(=O)C=C(O)c1ccc(C)nc1. The maximum atomic E-state index is 11.1. The van der Waals surface area contributed by atoms with Crippen LogP contribution in [0, 0.1) is 6.92 Å². The van der Waals surface area contributed by atoms with Crippen molar-refractivity contribution in [3.05, 3.63) is 35.7 Å². The second kappa shape index (κ2) is 5.06. The number of aromatic nitrogens is 1. The van der Waals surface area contributed by atoms with Gasteiger partial charge in [-0.15, -0.1) is 0 Å². The molecule has 0 atom stereocenters. The highest BCUT2D eigenvalue weighted by molar-refractivity contribution is 6.39. The zero-order valence-electron chi connectivity index (χ0n) is 8.93. The minimum atomic E-state index is -1.02. The normalized spacial score (nSPS) is 11.0. The third-order valence-electron chi connectivity index (χ3n) is 1.86. The third kappa shape index (κ3) is 2.91. The summed E-state index contributed by atoms with van der Waals surface area (Å²) in [6.45, 7) is 1.80. The molecule has 5 nitrogen and oxygen atoms in total. The van der Waals surface area contributed by atoms with Crippen molar-refractivity contribution in [2.75, 3.05) is 7.11 Å². The highest BCUT2D eigenvalue weighted by Gasteiger charge is 2.12. The molecule has 1 aromatic heterocycles. The van der Waals surface area contributed by atoms with E-state index < -0.39 is 11.8 Å². The van der Waals surface area contributed by atoms with Crippen LogP contribution >= 0.6 is 0 Å². The van der Waals surface area contributed by atoms with E-state index >= 15 is 0 Å². The maximum absolute atomic E-state index is 11.1. The molecule has 0 saturated carbocycles. The molecular formula is C11H11NO4. The van der Waals surface area contributed by atoms with Crippen LogP contribution in [0.2, 0.25) is 0 Å². The molecule has 0 aliphatic heterocycles. The average Bonchev–Trinajstić information content (AvgIpc) is 2.28. The number of hydrogen-bond donors (Lipinski definition) is 1. The number of nitrogens with zero attached hydrogens (tertiary/aromatic N) is 1. The molecule has 0 spiro atoms. The quantitative estimate of drug-likeness (QED) is 0.357. The van der Waals surface area contributed by atoms with E-state index in [1.165, 1.54) is 6.20 Å². The lowest BCUT2D eigenvalue weighted by Gasteiger charge is -1.99. The number of carbonyl (C=O) groups excluding carboxylic acids is 2. The number of aliphatic hydroxyl groups excluding tert-OH is 1. The van der Waals surface area contributed by atoms with Gasteiger partial charge in [0.25, 0.3) is 5.78 Å². The van der Waals surface area contributed by atoms with Crippen molar-refractivity contribution in [2.24, 2.45) is 0 Å². The van der Waals surface area contributed by atoms with Crippen molar-refractivity contribution in [3.63, 3.8) is 0 Å². The zero-order valence-corrected chi connectivity index (χ0v) is 8.93. The van der Waals surface area contributed by atoms with Crippen LogP contribution in [0.1, 0.15) is 11.3 Å². The van der Waals surface area contributed by atoms with Crippen LogP contribution < -0.4 is 0 Å². The van der Waals surface area contributed by atoms with E-state index in [1.807, 2.05) is 0 Å². The second-order valence-electron chi connectivity index (χ2n) is 3.07. The molecular weight excluding hydrogens is 210 g/mol. The number of carbonyl (C=O) groups is 2. The van der Waals surface area contributed by atoms with E-state index in [4.69, 9.17) is 0 Å². The summed E-state index contributed by atoms with van der Waals surface area (Å²) in [5.41, 5.74) is 1.15. The molecule has 0 radical (unpaired) electrons. The zero-order chi connectivity index (χ0) is 12.1. The monoisotopic (exact) mass is 221 g/mol. The van der Waals surface area contributed by atoms with Gasteiger partial charge in [0.15, 0.2) is 0 Å². The summed E-state index contributed by atoms with van der Waals surface area (Å²) in [5, 5.41) is 9.52. The maximum Gasteiger partial charge on any atom is 0.378 e. The summed E-state index contributed by atoms with van der Waals surface area (Å²) in [4.78, 5) is 25.8. The molecule has 5 heteroatoms. The van der Waals surface area contributed by atoms with Crippen LogP contribution in [0.4, 0.5) is 0 Å². The van der Waals surface area contributed by atoms with Crippen LogP contribution in [0.3, 0.4) is 0 Å². The molecule has 0 aliphatic carbocycles. The van der Waals surface area contributed by atoms with Crippen LogP contribution in [0.25, 0.3) is 5.76 Å². The van der Waals surface area contributed by atoms with Crippen molar-refractivity contribution in [1.82, 2.24) is 4.98 Å². The highest BCUT2D eigenvalue weighted by atomic mass is 16.5. The molecule has 0 unspecified atom stereocenters. The summed E-state index contributed by atoms with van der Waals surface area (Å²) >= 11 is 0. The molecule has 0 aromatic carbocycles. The highest BCUT2D eigenvalue weighted by Crippen LogP contribution is 2.10. The molecule has 0 fully saturated rings. The van der Waals surface area contributed by atoms with Gasteiger partial charge in [0, 0.05) is 23.5 Å². The molecule has 0 bridgehead atoms. The van der Waals surface area contributed by atoms with Gasteiger partial charge in [0.1, 0.15) is 5.76 Å². The summed E-state index contributed by atoms with van der Waals surface area (Å²) in [5.74, 6) is -2.25. The number of aliphatic hydroxyl groups is 1. The first-order chi connectivity index (χ1) is 7.54. The number of aryl methyl sites for hydroxylation is 1. The average molecular weight is 221 g/mol. The largest absolute Gasteiger partial charge is 0.507 e. The molecule has 0 saturated heterocycles. The van der Waals surface area contributed by atoms with Crippen LogP contribution in [0.5, 0.6) is 0 Å². The fraction of sp³-hybridized carbons (Fsp3) is 0.182. The Hall–Kier alpha value is -2.17. The Morgan fingerprint density at radius 3 is 2.62 bits per heavy atom. The summed E-state index contributed by atoms with van der Waals surface area (Å²) in [7, 11) is 1.10. The van der Waals surface area contributed by atoms with Gasteiger partial charge in [-0.3, -0.25) is 9.78 Å². The Morgan fingerprint density at radius 2 is 2.12 bits per heavy atom. The Bertz CT molecular complexity index is 434. The van der Waals surface area contributed by atoms with Crippen LogP contribution in [0.15, 0.2) is 24.4 Å². The van der Waals surface area contributed by atoms with Gasteiger partial charge in [0.2, 0.25) is 0 Å². The lowest BCUT2D eigenvalue weighted by Crippen LogP contribution is -2.13. The predicted molar refractivity (Wildman–Crippen MR) is 56.6 cm³/mol. The second-order valence-corrected chi connectivity index (χ2v) is 3.07. The van der Waals surface area contributed by atoms with Gasteiger partial charge < -0.3 is 9.84 Å². The summed E-state index contributed by atoms with van der Waals surface area (Å²) in [6, 6.07) is 3.28. The molecule has 1 heterocycles. The van der Waals surface area contributed by atoms with Crippen molar-refractivity contribution in [1.29, 1.82) is 0 Å². The first kappa shape index (κ1) is 11.9. The van der Waals surface area contributed by atoms with Crippen LogP contribution in [-0.4, -0.2) is 29.0 Å². The van der Waals surface area contributed by atoms with Crippen molar-refractivity contribution in [2.45, 2.75) is 6.92 Å². The number of hydrogen-bond acceptors (Lipinski definition) is 5. The summed E-state index contributed by atoms with van der Waals surface area (Å²) < 4.78 is 4.21. The topological polar surface area (TPSA) is 76.5 Å². The molecule has 0 amide bonds.